The van der Waals surface area contributed by atoms with E-state index in [1.807, 2.05) is 24.3 Å². The van der Waals surface area contributed by atoms with Gasteiger partial charge >= 0.3 is 0 Å². The van der Waals surface area contributed by atoms with Gasteiger partial charge in [-0.1, -0.05) is 109 Å². The lowest BCUT2D eigenvalue weighted by Crippen LogP contribution is -2.35. The number of anilines is 6. The first-order valence-corrected chi connectivity index (χ1v) is 25.1. The summed E-state index contributed by atoms with van der Waals surface area (Å²) in [5.41, 5.74) is 17.0. The smallest absolute Gasteiger partial charge is 0.222 e. The molecular weight excluding hydrogens is 1030 g/mol. The first-order valence-electron chi connectivity index (χ1n) is 23.1. The third kappa shape index (κ3) is 14.7. The van der Waals surface area contributed by atoms with Crippen LogP contribution < -0.4 is 46.6 Å². The van der Waals surface area contributed by atoms with E-state index in [1.54, 1.807) is 42.5 Å². The largest absolute Gasteiger partial charge is 0.452 e. The second kappa shape index (κ2) is 25.4. The van der Waals surface area contributed by atoms with Gasteiger partial charge in [0.05, 0.1) is 41.7 Å². The molecule has 0 amide bonds. The van der Waals surface area contributed by atoms with Crippen LogP contribution in [0.15, 0.2) is 89.8 Å². The van der Waals surface area contributed by atoms with Crippen LogP contribution in [0.2, 0.25) is 15.1 Å². The summed E-state index contributed by atoms with van der Waals surface area (Å²) in [6.45, 7) is 0. The highest BCUT2D eigenvalue weighted by Gasteiger charge is 2.28. The van der Waals surface area contributed by atoms with Crippen molar-refractivity contribution < 1.29 is 29.8 Å². The van der Waals surface area contributed by atoms with E-state index in [4.69, 9.17) is 66.2 Å². The molecule has 9 N–H and O–H groups in total. The summed E-state index contributed by atoms with van der Waals surface area (Å²) in [4.78, 5) is 24.3. The predicted molar refractivity (Wildman–Crippen MR) is 275 cm³/mol. The highest BCUT2D eigenvalue weighted by Crippen LogP contribution is 2.39. The molecule has 0 atom stereocenters. The third-order valence-corrected chi connectivity index (χ3v) is 13.2. The van der Waals surface area contributed by atoms with Crippen molar-refractivity contribution in [3.05, 3.63) is 105 Å². The van der Waals surface area contributed by atoms with Gasteiger partial charge < -0.3 is 31.4 Å². The van der Waals surface area contributed by atoms with Crippen LogP contribution in [0.4, 0.5) is 35.3 Å². The van der Waals surface area contributed by atoms with Gasteiger partial charge in [0.1, 0.15) is 17.2 Å². The molecule has 3 aromatic carbocycles. The van der Waals surface area contributed by atoms with Crippen LogP contribution in [0.3, 0.4) is 0 Å². The van der Waals surface area contributed by atoms with E-state index in [1.165, 1.54) is 48.0 Å². The van der Waals surface area contributed by atoms with Crippen molar-refractivity contribution in [2.24, 2.45) is 0 Å². The summed E-state index contributed by atoms with van der Waals surface area (Å²) < 4.78 is 18.4. The minimum atomic E-state index is -0.0175. The molecule has 22 heteroatoms. The molecule has 3 aliphatic carbocycles. The number of hydroxylamine groups is 3. The van der Waals surface area contributed by atoms with E-state index < -0.39 is 0 Å². The Kier molecular flexibility index (Phi) is 19.0. The number of hydrogen-bond donors (Lipinski definition) is 6. The Morgan fingerprint density at radius 2 is 0.800 bits per heavy atom. The molecule has 0 aliphatic heterocycles. The topological polar surface area (TPSA) is 254 Å². The van der Waals surface area contributed by atoms with Gasteiger partial charge in [-0.15, -0.1) is 0 Å². The van der Waals surface area contributed by atoms with Crippen LogP contribution in [-0.2, 0) is 0 Å². The minimum Gasteiger partial charge on any atom is -0.452 e. The van der Waals surface area contributed by atoms with Crippen LogP contribution in [0.5, 0.6) is 34.5 Å². The van der Waals surface area contributed by atoms with Gasteiger partial charge in [-0.2, -0.15) is 15.0 Å². The van der Waals surface area contributed by atoms with E-state index in [-0.39, 0.29) is 47.5 Å². The third-order valence-electron chi connectivity index (χ3n) is 11.9. The lowest BCUT2D eigenvalue weighted by molar-refractivity contribution is 0.185. The minimum absolute atomic E-state index is 0.0175. The van der Waals surface area contributed by atoms with Crippen LogP contribution in [0.1, 0.15) is 96.3 Å². The number of nitrogen functional groups attached to an aromatic ring is 3. The molecule has 0 spiro atoms. The Morgan fingerprint density at radius 3 is 1.17 bits per heavy atom. The molecule has 18 nitrogen and oxygen atoms in total. The lowest BCUT2D eigenvalue weighted by Gasteiger charge is -2.30. The Bertz CT molecular complexity index is 2490. The van der Waals surface area contributed by atoms with Crippen LogP contribution in [0, 0.1) is 0 Å². The fourth-order valence-corrected chi connectivity index (χ4v) is 9.10. The molecule has 3 aliphatic rings. The fourth-order valence-electron chi connectivity index (χ4n) is 8.26. The van der Waals surface area contributed by atoms with E-state index in [0.717, 1.165) is 86.6 Å². The molecule has 0 bridgehead atoms. The number of hydrogen-bond acceptors (Lipinski definition) is 18. The molecule has 3 saturated carbocycles. The quantitative estimate of drug-likeness (QED) is 0.0623. The summed E-state index contributed by atoms with van der Waals surface area (Å²) in [7, 11) is 0. The zero-order valence-electron chi connectivity index (χ0n) is 38.3. The van der Waals surface area contributed by atoms with E-state index in [0.29, 0.717) is 55.5 Å². The SMILES string of the molecule is Nc1ncc(Oc2ccc(Br)cc2)c(N(O)C2CCCCC2)n1.Nc1ncc(Oc2ccc(Cl)cc2)c(N(O)C2CCCCC2)n1.Nc1ncc(Oc2ccc(Cl)cc2Cl)c(N(O)C2CCCCC2)n1. The number of ether oxygens (including phenoxy) is 3. The van der Waals surface area contributed by atoms with Gasteiger partial charge in [-0.3, -0.25) is 15.6 Å². The summed E-state index contributed by atoms with van der Waals surface area (Å²) in [5, 5.41) is 36.7. The average molecular weight is 1080 g/mol. The number of nitrogens with two attached hydrogens (primary N) is 3. The maximum Gasteiger partial charge on any atom is 0.222 e. The normalized spacial score (nSPS) is 15.4. The zero-order valence-corrected chi connectivity index (χ0v) is 42.1. The predicted octanol–water partition coefficient (Wildman–Crippen LogP) is 12.9. The molecule has 70 heavy (non-hydrogen) atoms. The van der Waals surface area contributed by atoms with E-state index >= 15 is 0 Å². The van der Waals surface area contributed by atoms with Crippen LogP contribution >= 0.6 is 50.7 Å². The summed E-state index contributed by atoms with van der Waals surface area (Å²) in [6.07, 6.45) is 20.0. The second-order valence-electron chi connectivity index (χ2n) is 16.9. The van der Waals surface area contributed by atoms with Crippen molar-refractivity contribution in [3.63, 3.8) is 0 Å². The number of rotatable bonds is 12. The standard InChI is InChI=1S/C16H19BrN4O2.C16H18Cl2N4O2.C16H19ClN4O2/c17-11-6-8-13(9-7-11)23-14-10-19-16(18)20-15(14)21(22)12-4-2-1-3-5-12;17-10-6-7-13(12(18)8-10)24-14-9-20-16(19)21-15(14)22(23)11-4-2-1-3-5-11;17-11-6-8-13(9-7-11)23-14-10-19-16(18)20-15(14)21(22)12-4-2-1-3-5-12/h6-10,12,22H,1-5H2,(H2,18,19,20);6-9,11,23H,1-5H2,(H2,19,20,21);6-10,12,22H,1-5H2,(H2,18,19,20). The van der Waals surface area contributed by atoms with E-state index in [2.05, 4.69) is 45.8 Å². The van der Waals surface area contributed by atoms with Crippen LogP contribution in [0.25, 0.3) is 0 Å². The molecule has 0 radical (unpaired) electrons. The summed E-state index contributed by atoms with van der Waals surface area (Å²) in [5.74, 6) is 3.75. The Morgan fingerprint density at radius 1 is 0.457 bits per heavy atom. The van der Waals surface area contributed by atoms with Gasteiger partial charge in [0.2, 0.25) is 35.3 Å². The van der Waals surface area contributed by atoms with Gasteiger partial charge in [0.15, 0.2) is 17.2 Å². The van der Waals surface area contributed by atoms with Crippen molar-refractivity contribution in [2.75, 3.05) is 32.4 Å². The first kappa shape index (κ1) is 52.2. The van der Waals surface area contributed by atoms with Crippen molar-refractivity contribution in [1.29, 1.82) is 0 Å². The number of benzene rings is 3. The molecule has 372 valence electrons. The first-order chi connectivity index (χ1) is 33.8. The van der Waals surface area contributed by atoms with Crippen molar-refractivity contribution in [1.82, 2.24) is 29.9 Å². The maximum absolute atomic E-state index is 10.6. The molecule has 0 unspecified atom stereocenters. The van der Waals surface area contributed by atoms with Gasteiger partial charge in [0, 0.05) is 14.5 Å². The molecule has 6 aromatic rings. The molecule has 0 saturated heterocycles. The summed E-state index contributed by atoms with van der Waals surface area (Å²) >= 11 is 21.3. The fraction of sp³-hybridized carbons (Fsp3) is 0.375. The summed E-state index contributed by atoms with van der Waals surface area (Å²) in [6, 6.07) is 19.3. The molecule has 3 fully saturated rings. The molecular formula is C48H56BrCl3N12O6. The Labute approximate surface area is 429 Å². The lowest BCUT2D eigenvalue weighted by atomic mass is 9.95. The molecule has 3 heterocycles. The monoisotopic (exact) mass is 1080 g/mol. The number of halogens is 4. The van der Waals surface area contributed by atoms with Crippen molar-refractivity contribution >= 4 is 86.0 Å². The zero-order chi connectivity index (χ0) is 49.6. The van der Waals surface area contributed by atoms with Crippen LogP contribution in [-0.4, -0.2) is 63.7 Å². The number of nitrogens with zero attached hydrogens (tertiary/aromatic N) is 9. The van der Waals surface area contributed by atoms with Gasteiger partial charge in [-0.25, -0.2) is 30.1 Å². The number of aromatic nitrogens is 6. The average Bonchev–Trinajstić information content (AvgIpc) is 3.38. The van der Waals surface area contributed by atoms with Crippen molar-refractivity contribution in [2.45, 2.75) is 114 Å². The molecule has 9 rings (SSSR count). The van der Waals surface area contributed by atoms with Crippen molar-refractivity contribution in [3.8, 4) is 34.5 Å². The Balaban J connectivity index is 0.000000155. The van der Waals surface area contributed by atoms with Gasteiger partial charge in [0.25, 0.3) is 0 Å². The van der Waals surface area contributed by atoms with E-state index in [9.17, 15) is 15.6 Å². The highest BCUT2D eigenvalue weighted by atomic mass is 79.9. The molecule has 3 aromatic heterocycles. The highest BCUT2D eigenvalue weighted by molar-refractivity contribution is 9.10. The Hall–Kier alpha value is -5.67. The second-order valence-corrected chi connectivity index (χ2v) is 19.1. The maximum atomic E-state index is 10.6. The van der Waals surface area contributed by atoms with Gasteiger partial charge in [-0.05, 0) is 105 Å².